The van der Waals surface area contributed by atoms with Crippen molar-refractivity contribution in [2.24, 2.45) is 10.2 Å². The SMILES string of the molecule is O=C(c1ccc(/N=N/c2cccc(-c3ccccc3)c2)cc1Cl)N1Cc2cccn2Cc2ccccc21. The van der Waals surface area contributed by atoms with Crippen molar-refractivity contribution in [1.82, 2.24) is 4.57 Å². The van der Waals surface area contributed by atoms with Crippen LogP contribution in [0.2, 0.25) is 5.02 Å². The number of azo groups is 1. The van der Waals surface area contributed by atoms with Crippen molar-refractivity contribution in [2.75, 3.05) is 4.90 Å². The van der Waals surface area contributed by atoms with Gasteiger partial charge < -0.3 is 9.47 Å². The van der Waals surface area contributed by atoms with Crippen molar-refractivity contribution in [3.05, 3.63) is 137 Å². The van der Waals surface area contributed by atoms with Crippen LogP contribution in [0.3, 0.4) is 0 Å². The molecule has 1 aliphatic rings. The molecule has 0 unspecified atom stereocenters. The standard InChI is InChI=1S/C31H23ClN4O/c32-29-19-26(34-33-25-12-6-11-23(18-25)22-8-2-1-3-9-22)15-16-28(29)31(37)36-21-27-13-7-17-35(27)20-24-10-4-5-14-30(24)36/h1-19H,20-21H2/b34-33+. The summed E-state index contributed by atoms with van der Waals surface area (Å²) >= 11 is 6.62. The number of rotatable bonds is 4. The maximum Gasteiger partial charge on any atom is 0.260 e. The second-order valence-corrected chi connectivity index (χ2v) is 9.34. The van der Waals surface area contributed by atoms with Crippen LogP contribution in [-0.2, 0) is 13.1 Å². The largest absolute Gasteiger partial charge is 0.345 e. The van der Waals surface area contributed by atoms with E-state index >= 15 is 0 Å². The van der Waals surface area contributed by atoms with Crippen molar-refractivity contribution in [3.63, 3.8) is 0 Å². The predicted molar refractivity (Wildman–Crippen MR) is 148 cm³/mol. The van der Waals surface area contributed by atoms with Gasteiger partial charge in [0, 0.05) is 24.1 Å². The molecule has 0 saturated heterocycles. The fraction of sp³-hybridized carbons (Fsp3) is 0.0645. The molecule has 2 heterocycles. The van der Waals surface area contributed by atoms with E-state index in [0.717, 1.165) is 40.3 Å². The number of anilines is 1. The number of amides is 1. The number of halogens is 1. The zero-order valence-corrected chi connectivity index (χ0v) is 20.7. The Labute approximate surface area is 220 Å². The number of hydrogen-bond acceptors (Lipinski definition) is 3. The zero-order valence-electron chi connectivity index (χ0n) is 20.0. The maximum absolute atomic E-state index is 13.7. The van der Waals surface area contributed by atoms with E-state index in [0.29, 0.717) is 22.8 Å². The van der Waals surface area contributed by atoms with Crippen LogP contribution >= 0.6 is 11.6 Å². The van der Waals surface area contributed by atoms with Crippen LogP contribution in [-0.4, -0.2) is 10.5 Å². The Kier molecular flexibility index (Phi) is 6.13. The molecule has 1 aliphatic heterocycles. The number of carbonyl (C=O) groups excluding carboxylic acids is 1. The second kappa shape index (κ2) is 9.88. The minimum atomic E-state index is -0.147. The third-order valence-electron chi connectivity index (χ3n) is 6.53. The van der Waals surface area contributed by atoms with Crippen LogP contribution < -0.4 is 4.90 Å². The average molecular weight is 503 g/mol. The van der Waals surface area contributed by atoms with Gasteiger partial charge >= 0.3 is 0 Å². The Morgan fingerprint density at radius 3 is 2.30 bits per heavy atom. The smallest absolute Gasteiger partial charge is 0.260 e. The molecule has 0 spiro atoms. The molecular weight excluding hydrogens is 480 g/mol. The van der Waals surface area contributed by atoms with E-state index < -0.39 is 0 Å². The van der Waals surface area contributed by atoms with Gasteiger partial charge in [-0.1, -0.05) is 72.3 Å². The highest BCUT2D eigenvalue weighted by molar-refractivity contribution is 6.34. The lowest BCUT2D eigenvalue weighted by molar-refractivity contribution is 0.0985. The monoisotopic (exact) mass is 502 g/mol. The lowest BCUT2D eigenvalue weighted by Crippen LogP contribution is -2.30. The molecule has 37 heavy (non-hydrogen) atoms. The van der Waals surface area contributed by atoms with Crippen molar-refractivity contribution < 1.29 is 4.79 Å². The van der Waals surface area contributed by atoms with Crippen molar-refractivity contribution in [3.8, 4) is 11.1 Å². The predicted octanol–water partition coefficient (Wildman–Crippen LogP) is 8.43. The summed E-state index contributed by atoms with van der Waals surface area (Å²) in [7, 11) is 0. The van der Waals surface area contributed by atoms with Gasteiger partial charge in [0.15, 0.2) is 0 Å². The second-order valence-electron chi connectivity index (χ2n) is 8.93. The highest BCUT2D eigenvalue weighted by Crippen LogP contribution is 2.32. The van der Waals surface area contributed by atoms with Gasteiger partial charge in [-0.3, -0.25) is 4.79 Å². The number of hydrogen-bond donors (Lipinski definition) is 0. The molecule has 6 rings (SSSR count). The molecule has 180 valence electrons. The fourth-order valence-corrected chi connectivity index (χ4v) is 4.90. The molecule has 6 heteroatoms. The Balaban J connectivity index is 1.26. The van der Waals surface area contributed by atoms with Crippen molar-refractivity contribution in [1.29, 1.82) is 0 Å². The number of benzene rings is 4. The quantitative estimate of drug-likeness (QED) is 0.227. The number of fused-ring (bicyclic) bond motifs is 2. The molecular formula is C31H23ClN4O. The van der Waals surface area contributed by atoms with Gasteiger partial charge in [-0.25, -0.2) is 0 Å². The van der Waals surface area contributed by atoms with E-state index in [4.69, 9.17) is 11.6 Å². The Morgan fingerprint density at radius 2 is 1.46 bits per heavy atom. The summed E-state index contributed by atoms with van der Waals surface area (Å²) in [6.45, 7) is 1.19. The molecule has 0 fully saturated rings. The number of para-hydroxylation sites is 1. The van der Waals surface area contributed by atoms with Gasteiger partial charge in [0.25, 0.3) is 5.91 Å². The summed E-state index contributed by atoms with van der Waals surface area (Å²) in [5.41, 5.74) is 7.00. The first-order chi connectivity index (χ1) is 18.2. The molecule has 0 atom stereocenters. The molecule has 4 aromatic carbocycles. The first-order valence-electron chi connectivity index (χ1n) is 12.1. The molecule has 5 aromatic rings. The molecule has 1 aromatic heterocycles. The third kappa shape index (κ3) is 4.69. The van der Waals surface area contributed by atoms with E-state index in [2.05, 4.69) is 33.0 Å². The molecule has 0 N–H and O–H groups in total. The van der Waals surface area contributed by atoms with E-state index in [1.165, 1.54) is 0 Å². The van der Waals surface area contributed by atoms with Crippen LogP contribution in [0.1, 0.15) is 21.6 Å². The number of aromatic nitrogens is 1. The molecule has 0 radical (unpaired) electrons. The van der Waals surface area contributed by atoms with Gasteiger partial charge in [0.1, 0.15) is 0 Å². The summed E-state index contributed by atoms with van der Waals surface area (Å²) in [6, 6.07) is 35.3. The van der Waals surface area contributed by atoms with Gasteiger partial charge in [-0.05, 0) is 65.2 Å². The lowest BCUT2D eigenvalue weighted by atomic mass is 10.1. The van der Waals surface area contributed by atoms with Gasteiger partial charge in [-0.15, -0.1) is 0 Å². The average Bonchev–Trinajstić information content (AvgIpc) is 3.31. The minimum absolute atomic E-state index is 0.147. The topological polar surface area (TPSA) is 50.0 Å². The summed E-state index contributed by atoms with van der Waals surface area (Å²) in [6.07, 6.45) is 2.04. The first-order valence-corrected chi connectivity index (χ1v) is 12.4. The number of nitrogens with zero attached hydrogens (tertiary/aromatic N) is 4. The highest BCUT2D eigenvalue weighted by atomic mass is 35.5. The van der Waals surface area contributed by atoms with Crippen LogP contribution in [0.25, 0.3) is 11.1 Å². The third-order valence-corrected chi connectivity index (χ3v) is 6.84. The minimum Gasteiger partial charge on any atom is -0.345 e. The molecule has 0 saturated carbocycles. The van der Waals surface area contributed by atoms with E-state index in [1.54, 1.807) is 23.1 Å². The Hall–Kier alpha value is -4.48. The summed E-state index contributed by atoms with van der Waals surface area (Å²) < 4.78 is 2.17. The van der Waals surface area contributed by atoms with Gasteiger partial charge in [0.05, 0.1) is 28.5 Å². The normalized spacial score (nSPS) is 12.7. The van der Waals surface area contributed by atoms with E-state index in [9.17, 15) is 4.79 Å². The summed E-state index contributed by atoms with van der Waals surface area (Å²) in [5.74, 6) is -0.147. The van der Waals surface area contributed by atoms with Crippen LogP contribution in [0.4, 0.5) is 17.1 Å². The van der Waals surface area contributed by atoms with Gasteiger partial charge in [0.2, 0.25) is 0 Å². The van der Waals surface area contributed by atoms with Crippen molar-refractivity contribution >= 4 is 34.6 Å². The summed E-state index contributed by atoms with van der Waals surface area (Å²) in [4.78, 5) is 15.5. The molecule has 0 aliphatic carbocycles. The fourth-order valence-electron chi connectivity index (χ4n) is 4.65. The van der Waals surface area contributed by atoms with Crippen LogP contribution in [0, 0.1) is 0 Å². The molecule has 0 bridgehead atoms. The Morgan fingerprint density at radius 1 is 0.703 bits per heavy atom. The van der Waals surface area contributed by atoms with Crippen LogP contribution in [0.5, 0.6) is 0 Å². The maximum atomic E-state index is 13.7. The van der Waals surface area contributed by atoms with E-state index in [-0.39, 0.29) is 5.91 Å². The van der Waals surface area contributed by atoms with Gasteiger partial charge in [-0.2, -0.15) is 10.2 Å². The zero-order chi connectivity index (χ0) is 25.2. The Bertz CT molecular complexity index is 1620. The lowest BCUT2D eigenvalue weighted by Gasteiger charge is -2.23. The molecule has 5 nitrogen and oxygen atoms in total. The molecule has 1 amide bonds. The van der Waals surface area contributed by atoms with E-state index in [1.807, 2.05) is 79.0 Å². The first kappa shape index (κ1) is 23.0. The van der Waals surface area contributed by atoms with Crippen molar-refractivity contribution in [2.45, 2.75) is 13.1 Å². The number of carbonyl (C=O) groups is 1. The summed E-state index contributed by atoms with van der Waals surface area (Å²) in [5, 5.41) is 9.11. The van der Waals surface area contributed by atoms with Crippen LogP contribution in [0.15, 0.2) is 126 Å². The highest BCUT2D eigenvalue weighted by Gasteiger charge is 2.26.